The van der Waals surface area contributed by atoms with E-state index in [9.17, 15) is 19.1 Å². The molecule has 4 heteroatoms. The molecule has 4 aliphatic rings. The fraction of sp³-hybridized carbons (Fsp3) is 0.727. The lowest BCUT2D eigenvalue weighted by atomic mass is 9.47. The molecule has 0 aliphatic heterocycles. The minimum absolute atomic E-state index is 0.0664. The van der Waals surface area contributed by atoms with E-state index in [2.05, 4.69) is 19.9 Å². The van der Waals surface area contributed by atoms with Crippen LogP contribution in [0.1, 0.15) is 52.9 Å². The van der Waals surface area contributed by atoms with Crippen molar-refractivity contribution in [2.45, 2.75) is 59.2 Å². The fourth-order valence-corrected chi connectivity index (χ4v) is 7.32. The molecule has 3 saturated carbocycles. The highest BCUT2D eigenvalue weighted by atomic mass is 19.1. The predicted molar refractivity (Wildman–Crippen MR) is 96.8 cm³/mol. The summed E-state index contributed by atoms with van der Waals surface area (Å²) in [5.74, 6) is 0.539. The van der Waals surface area contributed by atoms with Crippen molar-refractivity contribution in [2.75, 3.05) is 0 Å². The molecule has 3 fully saturated rings. The first-order valence-electron chi connectivity index (χ1n) is 9.98. The Bertz CT molecular complexity index is 708. The van der Waals surface area contributed by atoms with Gasteiger partial charge in [-0.3, -0.25) is 9.59 Å². The van der Waals surface area contributed by atoms with Crippen LogP contribution in [-0.2, 0) is 9.59 Å². The number of hydrogen-bond acceptors (Lipinski definition) is 3. The van der Waals surface area contributed by atoms with Crippen molar-refractivity contribution in [3.63, 3.8) is 0 Å². The Morgan fingerprint density at radius 1 is 1.31 bits per heavy atom. The van der Waals surface area contributed by atoms with Crippen LogP contribution in [0.5, 0.6) is 0 Å². The largest absolute Gasteiger partial charge is 0.358 e. The van der Waals surface area contributed by atoms with Crippen LogP contribution < -0.4 is 0 Å². The van der Waals surface area contributed by atoms with Crippen molar-refractivity contribution in [2.24, 2.45) is 40.4 Å². The first-order chi connectivity index (χ1) is 12.2. The van der Waals surface area contributed by atoms with Crippen LogP contribution in [0.15, 0.2) is 23.8 Å². The molecule has 0 spiro atoms. The Labute approximate surface area is 154 Å². The van der Waals surface area contributed by atoms with E-state index in [1.165, 1.54) is 5.57 Å². The number of alkyl halides is 1. The monoisotopic (exact) mass is 360 g/mol. The van der Waals surface area contributed by atoms with Crippen LogP contribution >= 0.6 is 0 Å². The number of halogens is 1. The minimum Gasteiger partial charge on any atom is -0.358 e. The number of rotatable bonds is 2. The number of carbonyl (C=O) groups is 2. The van der Waals surface area contributed by atoms with Crippen LogP contribution in [0.3, 0.4) is 0 Å². The molecule has 142 valence electrons. The number of aliphatic hydroxyl groups excluding tert-OH is 1. The van der Waals surface area contributed by atoms with E-state index in [1.807, 2.05) is 13.0 Å². The van der Waals surface area contributed by atoms with Crippen LogP contribution in [0.2, 0.25) is 0 Å². The van der Waals surface area contributed by atoms with Gasteiger partial charge in [0.1, 0.15) is 0 Å². The van der Waals surface area contributed by atoms with Crippen LogP contribution in [0, 0.1) is 40.4 Å². The summed E-state index contributed by atoms with van der Waals surface area (Å²) in [6, 6.07) is 0. The highest BCUT2D eigenvalue weighted by molar-refractivity contribution is 6.01. The zero-order valence-corrected chi connectivity index (χ0v) is 15.9. The Morgan fingerprint density at radius 3 is 2.73 bits per heavy atom. The van der Waals surface area contributed by atoms with Gasteiger partial charge in [0.15, 0.2) is 11.6 Å². The van der Waals surface area contributed by atoms with E-state index >= 15 is 0 Å². The van der Waals surface area contributed by atoms with E-state index in [-0.39, 0.29) is 28.4 Å². The molecule has 0 radical (unpaired) electrons. The topological polar surface area (TPSA) is 54.4 Å². The van der Waals surface area contributed by atoms with Gasteiger partial charge in [0.25, 0.3) is 6.36 Å². The lowest BCUT2D eigenvalue weighted by Gasteiger charge is -2.56. The third-order valence-corrected chi connectivity index (χ3v) is 8.44. The maximum atomic E-state index is 13.5. The van der Waals surface area contributed by atoms with Crippen molar-refractivity contribution in [3.05, 3.63) is 23.8 Å². The zero-order valence-electron chi connectivity index (χ0n) is 15.9. The highest BCUT2D eigenvalue weighted by Crippen LogP contribution is 2.67. The van der Waals surface area contributed by atoms with Gasteiger partial charge in [0, 0.05) is 11.3 Å². The van der Waals surface area contributed by atoms with E-state index in [4.69, 9.17) is 0 Å². The molecule has 2 unspecified atom stereocenters. The van der Waals surface area contributed by atoms with E-state index < -0.39 is 12.1 Å². The molecule has 0 heterocycles. The molecular weight excluding hydrogens is 331 g/mol. The van der Waals surface area contributed by atoms with Gasteiger partial charge in [-0.15, -0.1) is 0 Å². The first kappa shape index (κ1) is 18.1. The molecule has 4 aliphatic carbocycles. The summed E-state index contributed by atoms with van der Waals surface area (Å²) >= 11 is 0. The Hall–Kier alpha value is -1.29. The summed E-state index contributed by atoms with van der Waals surface area (Å²) in [6.45, 7) is 6.45. The third kappa shape index (κ3) is 2.33. The first-order valence-corrected chi connectivity index (χ1v) is 9.98. The lowest BCUT2D eigenvalue weighted by Crippen LogP contribution is -2.51. The fourth-order valence-electron chi connectivity index (χ4n) is 7.32. The van der Waals surface area contributed by atoms with E-state index in [0.29, 0.717) is 17.8 Å². The van der Waals surface area contributed by atoms with Gasteiger partial charge in [0.05, 0.1) is 0 Å². The van der Waals surface area contributed by atoms with Crippen LogP contribution in [0.25, 0.3) is 0 Å². The number of fused-ring (bicyclic) bond motifs is 5. The molecule has 0 aromatic carbocycles. The number of Topliss-reactive ketones (excluding diaryl/α,β-unsaturated/α-hetero) is 1. The molecule has 0 bridgehead atoms. The molecule has 0 saturated heterocycles. The van der Waals surface area contributed by atoms with Gasteiger partial charge in [-0.2, -0.15) is 0 Å². The average molecular weight is 360 g/mol. The zero-order chi connectivity index (χ0) is 18.9. The van der Waals surface area contributed by atoms with Crippen molar-refractivity contribution in [1.82, 2.24) is 0 Å². The second-order valence-corrected chi connectivity index (χ2v) is 9.58. The SMILES string of the molecule is CC1C[C@H]2[C@@H]3CCC4=CC(=O)C=C[C@]4(C)[C@H]3CC[C@]2(C)[C@H]1C(=O)C(O)F. The molecule has 3 nitrogen and oxygen atoms in total. The number of allylic oxidation sites excluding steroid dienone is 4. The number of aliphatic hydroxyl groups is 1. The van der Waals surface area contributed by atoms with Crippen LogP contribution in [0.4, 0.5) is 4.39 Å². The Morgan fingerprint density at radius 2 is 2.04 bits per heavy atom. The standard InChI is InChI=1S/C22H29FO3/c1-12-10-17-15-5-4-13-11-14(24)6-8-21(13,2)16(15)7-9-22(17,3)18(12)19(25)20(23)26/h6,8,11-12,15-18,20,26H,4-5,7,9-10H2,1-3H3/t12?,15-,16+,17+,18-,20?,21+,22+/m1/s1. The molecule has 0 aromatic rings. The predicted octanol–water partition coefficient (Wildman–Crippen LogP) is 4.01. The van der Waals surface area contributed by atoms with Gasteiger partial charge in [-0.05, 0) is 73.3 Å². The Balaban J connectivity index is 1.68. The summed E-state index contributed by atoms with van der Waals surface area (Å²) in [6.07, 6.45) is 8.06. The number of ketones is 2. The molecule has 4 rings (SSSR count). The second-order valence-electron chi connectivity index (χ2n) is 9.58. The van der Waals surface area contributed by atoms with Crippen molar-refractivity contribution in [3.8, 4) is 0 Å². The summed E-state index contributed by atoms with van der Waals surface area (Å²) in [5, 5.41) is 9.29. The molecule has 8 atom stereocenters. The molecular formula is C22H29FO3. The summed E-state index contributed by atoms with van der Waals surface area (Å²) < 4.78 is 13.5. The van der Waals surface area contributed by atoms with Crippen molar-refractivity contribution >= 4 is 11.6 Å². The van der Waals surface area contributed by atoms with Crippen LogP contribution in [-0.4, -0.2) is 23.0 Å². The highest BCUT2D eigenvalue weighted by Gasteiger charge is 2.62. The lowest BCUT2D eigenvalue weighted by molar-refractivity contribution is -0.147. The number of carbonyl (C=O) groups excluding carboxylic acids is 2. The van der Waals surface area contributed by atoms with Crippen molar-refractivity contribution < 1.29 is 19.1 Å². The molecule has 26 heavy (non-hydrogen) atoms. The second kappa shape index (κ2) is 5.85. The van der Waals surface area contributed by atoms with E-state index in [0.717, 1.165) is 32.1 Å². The molecule has 1 N–H and O–H groups in total. The van der Waals surface area contributed by atoms with Gasteiger partial charge >= 0.3 is 0 Å². The maximum Gasteiger partial charge on any atom is 0.256 e. The quantitative estimate of drug-likeness (QED) is 0.809. The third-order valence-electron chi connectivity index (χ3n) is 8.44. The summed E-state index contributed by atoms with van der Waals surface area (Å²) in [4.78, 5) is 24.2. The molecule has 0 amide bonds. The Kier molecular flexibility index (Phi) is 4.07. The smallest absolute Gasteiger partial charge is 0.256 e. The van der Waals surface area contributed by atoms with Gasteiger partial charge < -0.3 is 5.11 Å². The van der Waals surface area contributed by atoms with E-state index in [1.54, 1.807) is 6.08 Å². The van der Waals surface area contributed by atoms with Gasteiger partial charge in [0.2, 0.25) is 0 Å². The summed E-state index contributed by atoms with van der Waals surface area (Å²) in [7, 11) is 0. The van der Waals surface area contributed by atoms with Crippen molar-refractivity contribution in [1.29, 1.82) is 0 Å². The minimum atomic E-state index is -2.36. The van der Waals surface area contributed by atoms with Gasteiger partial charge in [-0.25, -0.2) is 4.39 Å². The number of hydrogen-bond donors (Lipinski definition) is 1. The average Bonchev–Trinajstić information content (AvgIpc) is 2.85. The molecule has 0 aromatic heterocycles. The maximum absolute atomic E-state index is 13.5. The van der Waals surface area contributed by atoms with Gasteiger partial charge in [-0.1, -0.05) is 32.4 Å². The normalized spacial score (nSPS) is 48.3. The summed E-state index contributed by atoms with van der Waals surface area (Å²) in [5.41, 5.74) is 0.965.